The van der Waals surface area contributed by atoms with E-state index in [2.05, 4.69) is 5.32 Å². The molecule has 5 heteroatoms. The number of carbonyl (C=O) groups is 2. The predicted molar refractivity (Wildman–Crippen MR) is 49.3 cm³/mol. The largest absolute Gasteiger partial charge is 0.480 e. The number of nitriles is 1. The smallest absolute Gasteiger partial charge is 0.326 e. The second-order valence-corrected chi connectivity index (χ2v) is 3.00. The number of unbranched alkanes of at least 4 members (excludes halogenated alkanes) is 2. The molecule has 5 nitrogen and oxygen atoms in total. The molecule has 0 saturated heterocycles. The highest BCUT2D eigenvalue weighted by molar-refractivity contribution is 5.81. The minimum atomic E-state index is -1.03. The number of carboxylic acids is 1. The van der Waals surface area contributed by atoms with Crippen molar-refractivity contribution < 1.29 is 14.7 Å². The van der Waals surface area contributed by atoms with Crippen molar-refractivity contribution in [2.24, 2.45) is 0 Å². The zero-order valence-electron chi connectivity index (χ0n) is 8.12. The van der Waals surface area contributed by atoms with E-state index in [4.69, 9.17) is 10.4 Å². The normalized spacial score (nSPS) is 11.4. The number of rotatable bonds is 6. The fraction of sp³-hybridized carbons (Fsp3) is 0.667. The van der Waals surface area contributed by atoms with Crippen molar-refractivity contribution in [1.82, 2.24) is 5.32 Å². The van der Waals surface area contributed by atoms with Crippen molar-refractivity contribution in [3.63, 3.8) is 0 Å². The van der Waals surface area contributed by atoms with E-state index in [9.17, 15) is 9.59 Å². The SMILES string of the molecule is CC(=O)N[C@H](CCCCC#N)C(=O)O. The van der Waals surface area contributed by atoms with Gasteiger partial charge in [0.2, 0.25) is 5.91 Å². The maximum absolute atomic E-state index is 10.6. The van der Waals surface area contributed by atoms with Crippen molar-refractivity contribution >= 4 is 11.9 Å². The van der Waals surface area contributed by atoms with Crippen LogP contribution in [0.4, 0.5) is 0 Å². The van der Waals surface area contributed by atoms with Gasteiger partial charge in [-0.1, -0.05) is 0 Å². The lowest BCUT2D eigenvalue weighted by molar-refractivity contribution is -0.141. The molecule has 1 amide bonds. The molecule has 0 aromatic carbocycles. The molecule has 0 bridgehead atoms. The van der Waals surface area contributed by atoms with Crippen LogP contribution in [0.1, 0.15) is 32.6 Å². The van der Waals surface area contributed by atoms with E-state index in [-0.39, 0.29) is 5.91 Å². The molecule has 0 fully saturated rings. The first-order valence-electron chi connectivity index (χ1n) is 4.44. The third kappa shape index (κ3) is 6.00. The minimum absolute atomic E-state index is 0.349. The van der Waals surface area contributed by atoms with E-state index in [1.807, 2.05) is 6.07 Å². The summed E-state index contributed by atoms with van der Waals surface area (Å²) in [5, 5.41) is 19.3. The molecule has 2 N–H and O–H groups in total. The molecule has 0 radical (unpaired) electrons. The van der Waals surface area contributed by atoms with Gasteiger partial charge in [0, 0.05) is 13.3 Å². The summed E-state index contributed by atoms with van der Waals surface area (Å²) in [5.74, 6) is -1.38. The Hall–Kier alpha value is -1.57. The van der Waals surface area contributed by atoms with Gasteiger partial charge in [0.05, 0.1) is 6.07 Å². The standard InChI is InChI=1S/C9H14N2O3/c1-7(12)11-8(9(13)14)5-3-2-4-6-10/h8H,2-5H2,1H3,(H,11,12)(H,13,14)/t8-/m1/s1. The number of nitrogens with one attached hydrogen (secondary N) is 1. The molecule has 0 unspecified atom stereocenters. The number of nitrogens with zero attached hydrogens (tertiary/aromatic N) is 1. The van der Waals surface area contributed by atoms with Gasteiger partial charge in [0.25, 0.3) is 0 Å². The van der Waals surface area contributed by atoms with Crippen molar-refractivity contribution in [2.45, 2.75) is 38.6 Å². The molecule has 0 rings (SSSR count). The summed E-state index contributed by atoms with van der Waals surface area (Å²) in [4.78, 5) is 21.2. The van der Waals surface area contributed by atoms with E-state index < -0.39 is 12.0 Å². The second kappa shape index (κ2) is 6.89. The molecule has 0 aromatic rings. The fourth-order valence-electron chi connectivity index (χ4n) is 1.06. The van der Waals surface area contributed by atoms with Crippen LogP contribution in [0.25, 0.3) is 0 Å². The molecule has 14 heavy (non-hydrogen) atoms. The highest BCUT2D eigenvalue weighted by atomic mass is 16.4. The van der Waals surface area contributed by atoms with Crippen LogP contribution in [0.15, 0.2) is 0 Å². The van der Waals surface area contributed by atoms with Gasteiger partial charge >= 0.3 is 5.97 Å². The lowest BCUT2D eigenvalue weighted by atomic mass is 10.1. The molecule has 78 valence electrons. The average Bonchev–Trinajstić information content (AvgIpc) is 2.09. The van der Waals surface area contributed by atoms with Crippen LogP contribution in [-0.2, 0) is 9.59 Å². The van der Waals surface area contributed by atoms with Crippen LogP contribution in [-0.4, -0.2) is 23.0 Å². The summed E-state index contributed by atoms with van der Waals surface area (Å²) in [5.41, 5.74) is 0. The van der Waals surface area contributed by atoms with Crippen molar-refractivity contribution in [3.8, 4) is 6.07 Å². The Balaban J connectivity index is 3.81. The van der Waals surface area contributed by atoms with Gasteiger partial charge in [-0.2, -0.15) is 5.26 Å². The molecule has 0 spiro atoms. The number of carbonyl (C=O) groups excluding carboxylic acids is 1. The fourth-order valence-corrected chi connectivity index (χ4v) is 1.06. The number of carboxylic acid groups (broad SMARTS) is 1. The van der Waals surface area contributed by atoms with E-state index in [0.29, 0.717) is 25.7 Å². The summed E-state index contributed by atoms with van der Waals surface area (Å²) < 4.78 is 0. The molecule has 1 atom stereocenters. The van der Waals surface area contributed by atoms with Gasteiger partial charge in [-0.25, -0.2) is 4.79 Å². The summed E-state index contributed by atoms with van der Waals surface area (Å²) in [6, 6.07) is 1.15. The van der Waals surface area contributed by atoms with E-state index >= 15 is 0 Å². The summed E-state index contributed by atoms with van der Waals surface area (Å²) in [6.45, 7) is 1.28. The number of amides is 1. The maximum atomic E-state index is 10.6. The first-order valence-corrected chi connectivity index (χ1v) is 4.44. The van der Waals surface area contributed by atoms with E-state index in [1.165, 1.54) is 6.92 Å². The third-order valence-electron chi connectivity index (χ3n) is 1.71. The van der Waals surface area contributed by atoms with Crippen LogP contribution in [0.5, 0.6) is 0 Å². The Labute approximate surface area is 82.7 Å². The first-order chi connectivity index (χ1) is 6.57. The quantitative estimate of drug-likeness (QED) is 0.613. The molecule has 0 aromatic heterocycles. The lowest BCUT2D eigenvalue weighted by Gasteiger charge is -2.11. The topological polar surface area (TPSA) is 90.2 Å². The maximum Gasteiger partial charge on any atom is 0.326 e. The summed E-state index contributed by atoms with van der Waals surface area (Å²) >= 11 is 0. The van der Waals surface area contributed by atoms with Crippen LogP contribution >= 0.6 is 0 Å². The highest BCUT2D eigenvalue weighted by Gasteiger charge is 2.16. The Morgan fingerprint density at radius 3 is 2.57 bits per heavy atom. The molecule has 0 heterocycles. The Morgan fingerprint density at radius 1 is 1.50 bits per heavy atom. The first kappa shape index (κ1) is 12.4. The third-order valence-corrected chi connectivity index (χ3v) is 1.71. The van der Waals surface area contributed by atoms with Gasteiger partial charge in [-0.05, 0) is 19.3 Å². The van der Waals surface area contributed by atoms with Gasteiger partial charge in [-0.15, -0.1) is 0 Å². The molecule has 0 aliphatic rings. The van der Waals surface area contributed by atoms with Gasteiger partial charge in [0.1, 0.15) is 6.04 Å². The number of hydrogen-bond donors (Lipinski definition) is 2. The second-order valence-electron chi connectivity index (χ2n) is 3.00. The van der Waals surface area contributed by atoms with Crippen molar-refractivity contribution in [3.05, 3.63) is 0 Å². The van der Waals surface area contributed by atoms with E-state index in [1.54, 1.807) is 0 Å². The Kier molecular flexibility index (Phi) is 6.12. The van der Waals surface area contributed by atoms with Gasteiger partial charge in [0.15, 0.2) is 0 Å². The van der Waals surface area contributed by atoms with Gasteiger partial charge in [-0.3, -0.25) is 4.79 Å². The number of hydrogen-bond acceptors (Lipinski definition) is 3. The Bertz CT molecular complexity index is 245. The minimum Gasteiger partial charge on any atom is -0.480 e. The molecule has 0 saturated carbocycles. The monoisotopic (exact) mass is 198 g/mol. The van der Waals surface area contributed by atoms with Gasteiger partial charge < -0.3 is 10.4 Å². The number of aliphatic carboxylic acids is 1. The Morgan fingerprint density at radius 2 is 2.14 bits per heavy atom. The zero-order chi connectivity index (χ0) is 11.0. The van der Waals surface area contributed by atoms with Crippen LogP contribution < -0.4 is 5.32 Å². The van der Waals surface area contributed by atoms with E-state index in [0.717, 1.165) is 0 Å². The average molecular weight is 198 g/mol. The van der Waals surface area contributed by atoms with Crippen molar-refractivity contribution in [2.75, 3.05) is 0 Å². The van der Waals surface area contributed by atoms with Crippen LogP contribution in [0, 0.1) is 11.3 Å². The predicted octanol–water partition coefficient (Wildman–Crippen LogP) is 0.660. The van der Waals surface area contributed by atoms with Crippen LogP contribution in [0.3, 0.4) is 0 Å². The molecule has 0 aliphatic heterocycles. The molecular formula is C9H14N2O3. The molecule has 0 aliphatic carbocycles. The van der Waals surface area contributed by atoms with Crippen molar-refractivity contribution in [1.29, 1.82) is 5.26 Å². The summed E-state index contributed by atoms with van der Waals surface area (Å²) in [7, 11) is 0. The highest BCUT2D eigenvalue weighted by Crippen LogP contribution is 2.03. The summed E-state index contributed by atoms with van der Waals surface area (Å²) in [6.07, 6.45) is 2.09. The molecular weight excluding hydrogens is 184 g/mol. The van der Waals surface area contributed by atoms with Crippen LogP contribution in [0.2, 0.25) is 0 Å². The zero-order valence-corrected chi connectivity index (χ0v) is 8.12. The lowest BCUT2D eigenvalue weighted by Crippen LogP contribution is -2.39.